The number of hydrogen-bond acceptors (Lipinski definition) is 4. The Kier molecular flexibility index (Phi) is 2.70. The van der Waals surface area contributed by atoms with Gasteiger partial charge in [0.05, 0.1) is 0 Å². The molecule has 0 N–H and O–H groups in total. The van der Waals surface area contributed by atoms with Crippen molar-refractivity contribution in [2.45, 2.75) is 6.92 Å². The Hall–Kier alpha value is -0.770. The lowest BCUT2D eigenvalue weighted by atomic mass is 10.6. The third-order valence-corrected chi connectivity index (χ3v) is 1.35. The van der Waals surface area contributed by atoms with Gasteiger partial charge < -0.3 is 14.4 Å². The van der Waals surface area contributed by atoms with Gasteiger partial charge >= 0.3 is 0 Å². The van der Waals surface area contributed by atoms with Crippen LogP contribution in [0.25, 0.3) is 0 Å². The van der Waals surface area contributed by atoms with Crippen LogP contribution in [0.15, 0.2) is 12.0 Å². The summed E-state index contributed by atoms with van der Waals surface area (Å²) in [6.07, 6.45) is 1.90. The molecule has 1 rings (SSSR count). The van der Waals surface area contributed by atoms with Gasteiger partial charge in [-0.05, 0) is 12.2 Å². The van der Waals surface area contributed by atoms with Gasteiger partial charge in [0.2, 0.25) is 0 Å². The molecule has 62 valence electrons. The Morgan fingerprint density at radius 1 is 1.91 bits per heavy atom. The van der Waals surface area contributed by atoms with Crippen LogP contribution in [0.4, 0.5) is 0 Å². The predicted molar refractivity (Wildman–Crippen MR) is 46.0 cm³/mol. The van der Waals surface area contributed by atoms with Crippen molar-refractivity contribution in [3.05, 3.63) is 12.0 Å². The van der Waals surface area contributed by atoms with Crippen molar-refractivity contribution >= 4 is 17.3 Å². The van der Waals surface area contributed by atoms with Crippen LogP contribution in [0.2, 0.25) is 0 Å². The molecule has 1 heterocycles. The Morgan fingerprint density at radius 2 is 2.64 bits per heavy atom. The van der Waals surface area contributed by atoms with Gasteiger partial charge in [-0.1, -0.05) is 0 Å². The van der Waals surface area contributed by atoms with E-state index in [4.69, 9.17) is 21.7 Å². The average Bonchev–Trinajstić information content (AvgIpc) is 2.31. The fourth-order valence-corrected chi connectivity index (χ4v) is 0.816. The molecule has 0 aromatic carbocycles. The average molecular weight is 173 g/mol. The number of nitrogens with zero attached hydrogens (tertiary/aromatic N) is 1. The molecule has 4 heteroatoms. The predicted octanol–water partition coefficient (Wildman–Crippen LogP) is 1.11. The van der Waals surface area contributed by atoms with E-state index in [1.807, 2.05) is 18.1 Å². The maximum atomic E-state index is 5.22. The fraction of sp³-hybridized carbons (Fsp3) is 0.571. The Bertz CT molecular complexity index is 191. The SMILES string of the molecule is CC(=S)OCC1=CN(C)CO1. The van der Waals surface area contributed by atoms with E-state index in [2.05, 4.69) is 0 Å². The third-order valence-electron chi connectivity index (χ3n) is 1.24. The largest absolute Gasteiger partial charge is 0.479 e. The molecular formula is C7H11NO2S. The van der Waals surface area contributed by atoms with Crippen molar-refractivity contribution in [3.63, 3.8) is 0 Å². The second-order valence-electron chi connectivity index (χ2n) is 2.41. The van der Waals surface area contributed by atoms with E-state index < -0.39 is 0 Å². The molecule has 3 nitrogen and oxygen atoms in total. The summed E-state index contributed by atoms with van der Waals surface area (Å²) in [5, 5.41) is 0.545. The first-order chi connectivity index (χ1) is 5.18. The molecule has 0 aromatic rings. The monoisotopic (exact) mass is 173 g/mol. The van der Waals surface area contributed by atoms with Crippen LogP contribution in [0, 0.1) is 0 Å². The van der Waals surface area contributed by atoms with Gasteiger partial charge in [-0.3, -0.25) is 0 Å². The molecular weight excluding hydrogens is 162 g/mol. The van der Waals surface area contributed by atoms with E-state index in [0.29, 0.717) is 18.4 Å². The topological polar surface area (TPSA) is 21.7 Å². The van der Waals surface area contributed by atoms with Crippen molar-refractivity contribution < 1.29 is 9.47 Å². The van der Waals surface area contributed by atoms with Gasteiger partial charge in [-0.2, -0.15) is 0 Å². The van der Waals surface area contributed by atoms with Crippen LogP contribution < -0.4 is 0 Å². The number of ether oxygens (including phenoxy) is 2. The molecule has 1 aliphatic heterocycles. The summed E-state index contributed by atoms with van der Waals surface area (Å²) >= 11 is 4.74. The lowest BCUT2D eigenvalue weighted by molar-refractivity contribution is 0.143. The van der Waals surface area contributed by atoms with Gasteiger partial charge in [0.1, 0.15) is 6.61 Å². The summed E-state index contributed by atoms with van der Waals surface area (Å²) in [6.45, 7) is 2.80. The molecule has 0 radical (unpaired) electrons. The molecule has 11 heavy (non-hydrogen) atoms. The first-order valence-electron chi connectivity index (χ1n) is 3.35. The molecule has 0 aliphatic carbocycles. The van der Waals surface area contributed by atoms with Crippen LogP contribution in [0.1, 0.15) is 6.92 Å². The summed E-state index contributed by atoms with van der Waals surface area (Å²) < 4.78 is 10.3. The fourth-order valence-electron chi connectivity index (χ4n) is 0.757. The minimum absolute atomic E-state index is 0.444. The summed E-state index contributed by atoms with van der Waals surface area (Å²) in [5.74, 6) is 0.830. The second-order valence-corrected chi connectivity index (χ2v) is 2.98. The number of rotatable bonds is 2. The maximum Gasteiger partial charge on any atom is 0.160 e. The van der Waals surface area contributed by atoms with Crippen LogP contribution >= 0.6 is 12.2 Å². The first-order valence-corrected chi connectivity index (χ1v) is 3.76. The Labute approximate surface area is 71.6 Å². The quantitative estimate of drug-likeness (QED) is 0.583. The molecule has 0 fully saturated rings. The van der Waals surface area contributed by atoms with Gasteiger partial charge in [0.15, 0.2) is 17.5 Å². The summed E-state index contributed by atoms with van der Waals surface area (Å²) in [5.41, 5.74) is 0. The molecule has 0 unspecified atom stereocenters. The number of hydrogen-bond donors (Lipinski definition) is 0. The third kappa shape index (κ3) is 2.76. The lowest BCUT2D eigenvalue weighted by Crippen LogP contribution is -2.06. The minimum atomic E-state index is 0.444. The van der Waals surface area contributed by atoms with Crippen molar-refractivity contribution in [2.75, 3.05) is 20.4 Å². The standard InChI is InChI=1S/C7H11NO2S/c1-6(11)9-4-7-3-8(2)5-10-7/h3H,4-5H2,1-2H3. The van der Waals surface area contributed by atoms with Crippen molar-refractivity contribution in [1.29, 1.82) is 0 Å². The van der Waals surface area contributed by atoms with E-state index in [0.717, 1.165) is 5.76 Å². The van der Waals surface area contributed by atoms with Crippen LogP contribution in [-0.4, -0.2) is 30.3 Å². The summed E-state index contributed by atoms with van der Waals surface area (Å²) in [7, 11) is 1.94. The lowest BCUT2D eigenvalue weighted by Gasteiger charge is -2.03. The highest BCUT2D eigenvalue weighted by Crippen LogP contribution is 2.08. The molecule has 0 spiro atoms. The van der Waals surface area contributed by atoms with E-state index in [-0.39, 0.29) is 0 Å². The highest BCUT2D eigenvalue weighted by molar-refractivity contribution is 7.80. The van der Waals surface area contributed by atoms with Gasteiger partial charge in [-0.25, -0.2) is 0 Å². The zero-order chi connectivity index (χ0) is 8.27. The van der Waals surface area contributed by atoms with Gasteiger partial charge in [0, 0.05) is 20.2 Å². The Morgan fingerprint density at radius 3 is 3.09 bits per heavy atom. The molecule has 1 aliphatic rings. The van der Waals surface area contributed by atoms with Crippen molar-refractivity contribution in [2.24, 2.45) is 0 Å². The van der Waals surface area contributed by atoms with E-state index in [1.54, 1.807) is 6.92 Å². The molecule has 0 aromatic heterocycles. The molecule has 0 amide bonds. The summed E-state index contributed by atoms with van der Waals surface area (Å²) in [6, 6.07) is 0. The first kappa shape index (κ1) is 8.33. The zero-order valence-corrected chi connectivity index (χ0v) is 7.48. The van der Waals surface area contributed by atoms with Crippen molar-refractivity contribution in [1.82, 2.24) is 4.90 Å². The van der Waals surface area contributed by atoms with Gasteiger partial charge in [0.25, 0.3) is 0 Å². The zero-order valence-electron chi connectivity index (χ0n) is 6.66. The molecule has 0 saturated carbocycles. The summed E-state index contributed by atoms with van der Waals surface area (Å²) in [4.78, 5) is 1.94. The maximum absolute atomic E-state index is 5.22. The van der Waals surface area contributed by atoms with Crippen molar-refractivity contribution in [3.8, 4) is 0 Å². The normalized spacial score (nSPS) is 15.8. The van der Waals surface area contributed by atoms with Crippen LogP contribution in [-0.2, 0) is 9.47 Å². The van der Waals surface area contributed by atoms with E-state index >= 15 is 0 Å². The highest BCUT2D eigenvalue weighted by Gasteiger charge is 2.09. The van der Waals surface area contributed by atoms with E-state index in [9.17, 15) is 0 Å². The number of thiocarbonyl (C=S) groups is 1. The molecule has 0 saturated heterocycles. The highest BCUT2D eigenvalue weighted by atomic mass is 32.1. The molecule has 0 bridgehead atoms. The minimum Gasteiger partial charge on any atom is -0.479 e. The smallest absolute Gasteiger partial charge is 0.160 e. The second kappa shape index (κ2) is 3.57. The van der Waals surface area contributed by atoms with Crippen LogP contribution in [0.5, 0.6) is 0 Å². The Balaban J connectivity index is 2.27. The van der Waals surface area contributed by atoms with Gasteiger partial charge in [-0.15, -0.1) is 0 Å². The molecule has 0 atom stereocenters. The van der Waals surface area contributed by atoms with E-state index in [1.165, 1.54) is 0 Å². The van der Waals surface area contributed by atoms with Crippen LogP contribution in [0.3, 0.4) is 0 Å².